The van der Waals surface area contributed by atoms with Crippen LogP contribution in [0.15, 0.2) is 49.4 Å². The number of hydrogen-bond donors (Lipinski definition) is 3. The van der Waals surface area contributed by atoms with Crippen molar-refractivity contribution in [2.45, 2.75) is 32.2 Å². The van der Waals surface area contributed by atoms with E-state index in [-0.39, 0.29) is 0 Å². The van der Waals surface area contributed by atoms with Crippen molar-refractivity contribution in [2.24, 2.45) is 0 Å². The van der Waals surface area contributed by atoms with Crippen LogP contribution in [0.1, 0.15) is 30.9 Å². The molecule has 0 saturated carbocycles. The van der Waals surface area contributed by atoms with Crippen LogP contribution in [0.25, 0.3) is 17.1 Å². The molecule has 4 aromatic rings. The number of aromatic nitrogens is 4. The summed E-state index contributed by atoms with van der Waals surface area (Å²) in [5.41, 5.74) is 7.54. The third-order valence-corrected chi connectivity index (χ3v) is 9.72. The Balaban J connectivity index is 1.25. The lowest BCUT2D eigenvalue weighted by molar-refractivity contribution is 0.150. The highest BCUT2D eigenvalue weighted by atomic mass is 32.2. The molecule has 0 aliphatic carbocycles. The van der Waals surface area contributed by atoms with E-state index < -0.39 is 0 Å². The molecule has 2 saturated heterocycles. The molecule has 4 heterocycles. The van der Waals surface area contributed by atoms with Gasteiger partial charge in [-0.2, -0.15) is 4.98 Å². The van der Waals surface area contributed by atoms with Crippen LogP contribution in [0.3, 0.4) is 0 Å². The van der Waals surface area contributed by atoms with Crippen LogP contribution < -0.4 is 29.9 Å². The van der Waals surface area contributed by atoms with Gasteiger partial charge in [-0.15, -0.1) is 0 Å². The summed E-state index contributed by atoms with van der Waals surface area (Å²) >= 11 is 1.60. The van der Waals surface area contributed by atoms with Gasteiger partial charge in [0.25, 0.3) is 0 Å². The molecule has 0 spiro atoms. The first-order valence-electron chi connectivity index (χ1n) is 16.0. The number of piperazine rings is 1. The van der Waals surface area contributed by atoms with Crippen molar-refractivity contribution >= 4 is 63.6 Å². The second kappa shape index (κ2) is 14.5. The Labute approximate surface area is 276 Å². The van der Waals surface area contributed by atoms with E-state index in [1.165, 1.54) is 24.1 Å². The highest BCUT2D eigenvalue weighted by molar-refractivity contribution is 7.99. The van der Waals surface area contributed by atoms with Gasteiger partial charge in [0.05, 0.1) is 29.7 Å². The largest absolute Gasteiger partial charge is 0.494 e. The molecule has 2 fully saturated rings. The number of rotatable bonds is 11. The molecule has 2 aliphatic rings. The predicted molar refractivity (Wildman–Crippen MR) is 192 cm³/mol. The number of fused-ring (bicyclic) bond motifs is 1. The number of nitrogens with zero attached hydrogens (tertiary/aromatic N) is 7. The van der Waals surface area contributed by atoms with Crippen molar-refractivity contribution in [3.05, 3.63) is 60.6 Å². The second-order valence-corrected chi connectivity index (χ2v) is 12.5. The molecule has 11 nitrogen and oxygen atoms in total. The van der Waals surface area contributed by atoms with Gasteiger partial charge in [-0.05, 0) is 43.0 Å². The molecule has 0 atom stereocenters. The molecular formula is C34H44N10OS. The first-order valence-corrected chi connectivity index (χ1v) is 17.2. The van der Waals surface area contributed by atoms with Gasteiger partial charge in [0.1, 0.15) is 17.1 Å². The normalized spacial score (nSPS) is 16.0. The summed E-state index contributed by atoms with van der Waals surface area (Å²) in [6.07, 6.45) is 12.2. The highest BCUT2D eigenvalue weighted by Gasteiger charge is 2.27. The Kier molecular flexibility index (Phi) is 10.1. The molecular weight excluding hydrogens is 597 g/mol. The summed E-state index contributed by atoms with van der Waals surface area (Å²) < 4.78 is 7.99. The van der Waals surface area contributed by atoms with E-state index in [1.54, 1.807) is 43.7 Å². The zero-order valence-electron chi connectivity index (χ0n) is 27.2. The van der Waals surface area contributed by atoms with Gasteiger partial charge in [-0.3, -0.25) is 14.9 Å². The fourth-order valence-electron chi connectivity index (χ4n) is 6.46. The molecule has 0 bridgehead atoms. The molecule has 0 radical (unpaired) electrons. The number of anilines is 6. The Morgan fingerprint density at radius 3 is 2.57 bits per heavy atom. The van der Waals surface area contributed by atoms with E-state index in [0.29, 0.717) is 17.8 Å². The van der Waals surface area contributed by atoms with Crippen molar-refractivity contribution < 1.29 is 4.74 Å². The van der Waals surface area contributed by atoms with Crippen molar-refractivity contribution in [3.8, 4) is 5.75 Å². The first-order chi connectivity index (χ1) is 22.5. The fraction of sp³-hybridized carbons (Fsp3) is 0.412. The lowest BCUT2D eigenvalue weighted by Gasteiger charge is -2.41. The Hall–Kier alpha value is -4.13. The Morgan fingerprint density at radius 1 is 1.07 bits per heavy atom. The number of aryl methyl sites for hydroxylation is 1. The van der Waals surface area contributed by atoms with Crippen molar-refractivity contribution in [1.29, 1.82) is 0 Å². The van der Waals surface area contributed by atoms with Crippen LogP contribution >= 0.6 is 11.9 Å². The van der Waals surface area contributed by atoms with E-state index in [9.17, 15) is 0 Å². The summed E-state index contributed by atoms with van der Waals surface area (Å²) in [5.74, 6) is 1.85. The van der Waals surface area contributed by atoms with E-state index in [2.05, 4.69) is 70.6 Å². The van der Waals surface area contributed by atoms with Crippen LogP contribution in [0.5, 0.6) is 5.75 Å². The van der Waals surface area contributed by atoms with Crippen LogP contribution in [0.2, 0.25) is 0 Å². The highest BCUT2D eigenvalue weighted by Crippen LogP contribution is 2.39. The van der Waals surface area contributed by atoms with Crippen LogP contribution in [0, 0.1) is 0 Å². The number of benzene rings is 2. The van der Waals surface area contributed by atoms with Gasteiger partial charge in [0.15, 0.2) is 0 Å². The summed E-state index contributed by atoms with van der Waals surface area (Å²) in [7, 11) is 3.73. The van der Waals surface area contributed by atoms with E-state index >= 15 is 0 Å². The maximum absolute atomic E-state index is 5.92. The van der Waals surface area contributed by atoms with Gasteiger partial charge in [-0.25, -0.2) is 4.98 Å². The predicted octanol–water partition coefficient (Wildman–Crippen LogP) is 5.71. The number of nitrogens with one attached hydrogen (secondary N) is 3. The molecule has 0 unspecified atom stereocenters. The van der Waals surface area contributed by atoms with E-state index in [4.69, 9.17) is 9.72 Å². The lowest BCUT2D eigenvalue weighted by Crippen LogP contribution is -2.52. The monoisotopic (exact) mass is 640 g/mol. The minimum Gasteiger partial charge on any atom is -0.494 e. The summed E-state index contributed by atoms with van der Waals surface area (Å²) in [6.45, 7) is 12.8. The first kappa shape index (κ1) is 31.8. The standard InChI is InChI=1S/C34H44N10OS/c1-6-23-20-28(30(45-4)21-29(23)44-16-10-25(11-17-44)43-18-14-35-15-19-43)40-34-38-22-24(7-2)33(41-34)39-27-9-8-26-31(37-13-12-36-26)32(27)42(3)46-5/h7-9,12-13,20-22,25,35H,2,6,10-11,14-19H2,1,3-5H3,(H2,38,39,40,41). The van der Waals surface area contributed by atoms with Gasteiger partial charge >= 0.3 is 0 Å². The van der Waals surface area contributed by atoms with Gasteiger partial charge in [0, 0.05) is 94.5 Å². The minimum absolute atomic E-state index is 0.457. The van der Waals surface area contributed by atoms with Crippen molar-refractivity contribution in [3.63, 3.8) is 0 Å². The number of methoxy groups -OCH3 is 1. The maximum Gasteiger partial charge on any atom is 0.229 e. The summed E-state index contributed by atoms with van der Waals surface area (Å²) in [5, 5.41) is 10.4. The number of hydrogen-bond acceptors (Lipinski definition) is 12. The molecule has 2 aliphatic heterocycles. The molecule has 242 valence electrons. The molecule has 6 rings (SSSR count). The minimum atomic E-state index is 0.457. The number of piperidine rings is 1. The lowest BCUT2D eigenvalue weighted by atomic mass is 9.99. The molecule has 46 heavy (non-hydrogen) atoms. The van der Waals surface area contributed by atoms with Gasteiger partial charge < -0.3 is 29.9 Å². The average molecular weight is 641 g/mol. The third kappa shape index (κ3) is 6.69. The van der Waals surface area contributed by atoms with Crippen LogP contribution in [-0.2, 0) is 6.42 Å². The van der Waals surface area contributed by atoms with Crippen LogP contribution in [-0.4, -0.2) is 90.6 Å². The molecule has 3 N–H and O–H groups in total. The zero-order valence-corrected chi connectivity index (χ0v) is 28.0. The second-order valence-electron chi connectivity index (χ2n) is 11.6. The average Bonchev–Trinajstić information content (AvgIpc) is 3.11. The number of ether oxygens (including phenoxy) is 1. The van der Waals surface area contributed by atoms with E-state index in [0.717, 1.165) is 85.1 Å². The van der Waals surface area contributed by atoms with Gasteiger partial charge in [-0.1, -0.05) is 31.5 Å². The quantitative estimate of drug-likeness (QED) is 0.175. The molecule has 0 amide bonds. The summed E-state index contributed by atoms with van der Waals surface area (Å²) in [4.78, 5) is 23.8. The third-order valence-electron chi connectivity index (χ3n) is 8.99. The molecule has 2 aromatic carbocycles. The molecule has 2 aromatic heterocycles. The van der Waals surface area contributed by atoms with Gasteiger partial charge in [0.2, 0.25) is 5.95 Å². The SMILES string of the molecule is C=Cc1cnc(Nc2cc(CC)c(N3CCC(N4CCNCC4)CC3)cc2OC)nc1Nc1ccc2nccnc2c1N(C)SC. The smallest absolute Gasteiger partial charge is 0.229 e. The van der Waals surface area contributed by atoms with Crippen molar-refractivity contribution in [1.82, 2.24) is 30.2 Å². The maximum atomic E-state index is 5.92. The molecule has 12 heteroatoms. The Morgan fingerprint density at radius 2 is 1.85 bits per heavy atom. The van der Waals surface area contributed by atoms with Crippen LogP contribution in [0.4, 0.5) is 34.5 Å². The topological polar surface area (TPSA) is 107 Å². The fourth-order valence-corrected chi connectivity index (χ4v) is 6.83. The summed E-state index contributed by atoms with van der Waals surface area (Å²) in [6, 6.07) is 8.99. The van der Waals surface area contributed by atoms with Crippen molar-refractivity contribution in [2.75, 3.05) is 79.5 Å². The Bertz CT molecular complexity index is 1670. The van der Waals surface area contributed by atoms with E-state index in [1.807, 2.05) is 25.4 Å². The zero-order chi connectivity index (χ0) is 32.0.